The lowest BCUT2D eigenvalue weighted by Gasteiger charge is -2.22. The van der Waals surface area contributed by atoms with Crippen molar-refractivity contribution >= 4 is 0 Å². The largest absolute Gasteiger partial charge is 0.389 e. The molecule has 0 aromatic heterocycles. The highest BCUT2D eigenvalue weighted by Crippen LogP contribution is 2.44. The van der Waals surface area contributed by atoms with E-state index in [-0.39, 0.29) is 0 Å². The van der Waals surface area contributed by atoms with Gasteiger partial charge in [0.2, 0.25) is 0 Å². The molecule has 0 spiro atoms. The van der Waals surface area contributed by atoms with Crippen LogP contribution in [0.25, 0.3) is 33.4 Å². The molecule has 150 valence electrons. The predicted molar refractivity (Wildman–Crippen MR) is 128 cm³/mol. The Bertz CT molecular complexity index is 1200. The third kappa shape index (κ3) is 3.94. The summed E-state index contributed by atoms with van der Waals surface area (Å²) >= 11 is 0. The van der Waals surface area contributed by atoms with Crippen molar-refractivity contribution in [1.82, 2.24) is 0 Å². The number of aryl methyl sites for hydroxylation is 3. The molecule has 0 saturated carbocycles. The lowest BCUT2D eigenvalue weighted by molar-refractivity contribution is 0.200. The van der Waals surface area contributed by atoms with E-state index in [9.17, 15) is 5.11 Å². The van der Waals surface area contributed by atoms with Crippen molar-refractivity contribution < 1.29 is 5.11 Å². The maximum Gasteiger partial charge on any atom is 0.0768 e. The number of hydrogen-bond donors (Lipinski definition) is 1. The Morgan fingerprint density at radius 2 is 1.03 bits per heavy atom. The van der Waals surface area contributed by atoms with Crippen LogP contribution < -0.4 is 0 Å². The quantitative estimate of drug-likeness (QED) is 0.378. The Labute approximate surface area is 179 Å². The molecule has 1 nitrogen and oxygen atoms in total. The van der Waals surface area contributed by atoms with Gasteiger partial charge in [0.25, 0.3) is 0 Å². The molecule has 1 heteroatoms. The van der Waals surface area contributed by atoms with E-state index in [0.29, 0.717) is 0 Å². The molecule has 0 amide bonds. The molecule has 0 aliphatic carbocycles. The van der Waals surface area contributed by atoms with Gasteiger partial charge in [-0.2, -0.15) is 0 Å². The van der Waals surface area contributed by atoms with E-state index in [1.165, 1.54) is 38.9 Å². The standard InChI is InChI=1S/C29H28O/c1-19-8-5-11-23(16-19)27-15-14-26(22(4)30)28(24-12-6-9-20(2)17-24)29(27)25-13-7-10-21(3)18-25/h5-18,22,30H,1-4H3/t22-/m0/s1. The maximum atomic E-state index is 10.7. The van der Waals surface area contributed by atoms with E-state index in [1.807, 2.05) is 6.92 Å². The lowest BCUT2D eigenvalue weighted by atomic mass is 9.83. The molecule has 0 heterocycles. The van der Waals surface area contributed by atoms with E-state index in [2.05, 4.69) is 106 Å². The van der Waals surface area contributed by atoms with Crippen LogP contribution in [0.1, 0.15) is 35.3 Å². The molecule has 0 bridgehead atoms. The minimum absolute atomic E-state index is 0.560. The molecule has 0 radical (unpaired) electrons. The van der Waals surface area contributed by atoms with Gasteiger partial charge in [-0.15, -0.1) is 0 Å². The molecule has 0 fully saturated rings. The Balaban J connectivity index is 2.14. The molecule has 0 unspecified atom stereocenters. The van der Waals surface area contributed by atoms with E-state index < -0.39 is 6.10 Å². The van der Waals surface area contributed by atoms with Crippen molar-refractivity contribution in [1.29, 1.82) is 0 Å². The van der Waals surface area contributed by atoms with Crippen LogP contribution in [0.5, 0.6) is 0 Å². The van der Waals surface area contributed by atoms with Crippen molar-refractivity contribution in [2.75, 3.05) is 0 Å². The third-order valence-corrected chi connectivity index (χ3v) is 5.63. The minimum atomic E-state index is -0.560. The monoisotopic (exact) mass is 392 g/mol. The van der Waals surface area contributed by atoms with Crippen LogP contribution in [0.3, 0.4) is 0 Å². The van der Waals surface area contributed by atoms with Gasteiger partial charge in [-0.05, 0) is 66.6 Å². The summed E-state index contributed by atoms with van der Waals surface area (Å²) in [6, 6.07) is 30.1. The molecular weight excluding hydrogens is 364 g/mol. The minimum Gasteiger partial charge on any atom is -0.389 e. The average Bonchev–Trinajstić information content (AvgIpc) is 2.72. The van der Waals surface area contributed by atoms with Crippen LogP contribution in [0, 0.1) is 20.8 Å². The van der Waals surface area contributed by atoms with Crippen molar-refractivity contribution in [2.45, 2.75) is 33.8 Å². The van der Waals surface area contributed by atoms with Gasteiger partial charge in [0.05, 0.1) is 6.10 Å². The van der Waals surface area contributed by atoms with Crippen LogP contribution in [0.15, 0.2) is 84.9 Å². The van der Waals surface area contributed by atoms with Crippen LogP contribution in [0.4, 0.5) is 0 Å². The lowest BCUT2D eigenvalue weighted by Crippen LogP contribution is -2.00. The van der Waals surface area contributed by atoms with Gasteiger partial charge in [-0.25, -0.2) is 0 Å². The Morgan fingerprint density at radius 3 is 1.53 bits per heavy atom. The number of benzene rings is 4. The van der Waals surface area contributed by atoms with Crippen molar-refractivity contribution in [2.24, 2.45) is 0 Å². The highest BCUT2D eigenvalue weighted by molar-refractivity contribution is 5.96. The Hall–Kier alpha value is -3.16. The summed E-state index contributed by atoms with van der Waals surface area (Å²) in [6.07, 6.45) is -0.560. The van der Waals surface area contributed by atoms with Gasteiger partial charge >= 0.3 is 0 Å². The first-order chi connectivity index (χ1) is 14.4. The summed E-state index contributed by atoms with van der Waals surface area (Å²) in [4.78, 5) is 0. The zero-order valence-electron chi connectivity index (χ0n) is 18.1. The molecule has 0 saturated heterocycles. The molecule has 1 atom stereocenters. The van der Waals surface area contributed by atoms with Gasteiger partial charge < -0.3 is 5.11 Å². The third-order valence-electron chi connectivity index (χ3n) is 5.63. The first kappa shape index (κ1) is 20.1. The van der Waals surface area contributed by atoms with E-state index in [4.69, 9.17) is 0 Å². The fourth-order valence-electron chi connectivity index (χ4n) is 4.23. The summed E-state index contributed by atoms with van der Waals surface area (Å²) in [5.74, 6) is 0. The molecule has 0 aliphatic rings. The Kier molecular flexibility index (Phi) is 5.57. The fraction of sp³-hybridized carbons (Fsp3) is 0.172. The second-order valence-electron chi connectivity index (χ2n) is 8.24. The average molecular weight is 393 g/mol. The summed E-state index contributed by atoms with van der Waals surface area (Å²) in [7, 11) is 0. The predicted octanol–water partition coefficient (Wildman–Crippen LogP) is 7.67. The first-order valence-corrected chi connectivity index (χ1v) is 10.5. The Morgan fingerprint density at radius 1 is 0.567 bits per heavy atom. The molecule has 30 heavy (non-hydrogen) atoms. The molecule has 1 N–H and O–H groups in total. The van der Waals surface area contributed by atoms with Crippen molar-refractivity contribution in [3.63, 3.8) is 0 Å². The van der Waals surface area contributed by atoms with Gasteiger partial charge in [-0.1, -0.05) is 102 Å². The van der Waals surface area contributed by atoms with E-state index in [1.54, 1.807) is 0 Å². The van der Waals surface area contributed by atoms with Crippen LogP contribution in [-0.2, 0) is 0 Å². The molecule has 4 aromatic rings. The van der Waals surface area contributed by atoms with Crippen LogP contribution in [0.2, 0.25) is 0 Å². The van der Waals surface area contributed by atoms with Crippen molar-refractivity contribution in [3.8, 4) is 33.4 Å². The molecule has 0 aliphatic heterocycles. The smallest absolute Gasteiger partial charge is 0.0768 e. The van der Waals surface area contributed by atoms with Gasteiger partial charge in [0.15, 0.2) is 0 Å². The summed E-state index contributed by atoms with van der Waals surface area (Å²) in [5.41, 5.74) is 11.6. The zero-order valence-corrected chi connectivity index (χ0v) is 18.1. The van der Waals surface area contributed by atoms with Crippen LogP contribution in [-0.4, -0.2) is 5.11 Å². The topological polar surface area (TPSA) is 20.2 Å². The number of rotatable bonds is 4. The summed E-state index contributed by atoms with van der Waals surface area (Å²) in [6.45, 7) is 8.21. The van der Waals surface area contributed by atoms with E-state index in [0.717, 1.165) is 16.7 Å². The second-order valence-corrected chi connectivity index (χ2v) is 8.24. The first-order valence-electron chi connectivity index (χ1n) is 10.5. The summed E-state index contributed by atoms with van der Waals surface area (Å²) < 4.78 is 0. The van der Waals surface area contributed by atoms with Crippen molar-refractivity contribution in [3.05, 3.63) is 107 Å². The molecule has 4 rings (SSSR count). The number of hydrogen-bond acceptors (Lipinski definition) is 1. The van der Waals surface area contributed by atoms with Gasteiger partial charge in [0.1, 0.15) is 0 Å². The molecular formula is C29H28O. The normalized spacial score (nSPS) is 12.0. The maximum absolute atomic E-state index is 10.7. The zero-order chi connectivity index (χ0) is 21.3. The van der Waals surface area contributed by atoms with E-state index >= 15 is 0 Å². The van der Waals surface area contributed by atoms with Gasteiger partial charge in [0, 0.05) is 0 Å². The van der Waals surface area contributed by atoms with Gasteiger partial charge in [-0.3, -0.25) is 0 Å². The highest BCUT2D eigenvalue weighted by atomic mass is 16.3. The fourth-order valence-corrected chi connectivity index (χ4v) is 4.23. The highest BCUT2D eigenvalue weighted by Gasteiger charge is 2.20. The second kappa shape index (κ2) is 8.30. The SMILES string of the molecule is Cc1cccc(-c2ccc([C@H](C)O)c(-c3cccc(C)c3)c2-c2cccc(C)c2)c1. The summed E-state index contributed by atoms with van der Waals surface area (Å²) in [5, 5.41) is 10.7. The molecule has 4 aromatic carbocycles. The van der Waals surface area contributed by atoms with Crippen LogP contribution >= 0.6 is 0 Å². The number of aliphatic hydroxyl groups excluding tert-OH is 1. The number of aliphatic hydroxyl groups is 1.